The van der Waals surface area contributed by atoms with Gasteiger partial charge >= 0.3 is 12.1 Å². The van der Waals surface area contributed by atoms with Gasteiger partial charge in [0.1, 0.15) is 5.60 Å². The molecule has 1 unspecified atom stereocenters. The van der Waals surface area contributed by atoms with Gasteiger partial charge in [-0.1, -0.05) is 0 Å². The molecule has 1 aliphatic heterocycles. The lowest BCUT2D eigenvalue weighted by atomic mass is 10.2. The van der Waals surface area contributed by atoms with E-state index in [-0.39, 0.29) is 19.7 Å². The molecule has 158 valence electrons. The first-order chi connectivity index (χ1) is 13.1. The molecular weight excluding hydrogens is 372 g/mol. The third kappa shape index (κ3) is 7.28. The number of rotatable bonds is 10. The summed E-state index contributed by atoms with van der Waals surface area (Å²) in [6.45, 7) is 5.76. The molecule has 1 rings (SSSR count). The van der Waals surface area contributed by atoms with Crippen LogP contribution in [0.1, 0.15) is 20.8 Å². The zero-order chi connectivity index (χ0) is 21.3. The van der Waals surface area contributed by atoms with Gasteiger partial charge in [0.05, 0.1) is 33.5 Å². The Labute approximate surface area is 164 Å². The summed E-state index contributed by atoms with van der Waals surface area (Å²) >= 11 is 0. The van der Waals surface area contributed by atoms with E-state index in [9.17, 15) is 19.2 Å². The van der Waals surface area contributed by atoms with E-state index in [1.165, 1.54) is 12.0 Å². The van der Waals surface area contributed by atoms with E-state index in [1.807, 2.05) is 0 Å². The van der Waals surface area contributed by atoms with E-state index in [4.69, 9.17) is 18.9 Å². The van der Waals surface area contributed by atoms with Gasteiger partial charge in [0.15, 0.2) is 6.04 Å². The molecule has 0 spiro atoms. The molecule has 0 bridgehead atoms. The summed E-state index contributed by atoms with van der Waals surface area (Å²) in [5.41, 5.74) is -0.770. The standard InChI is InChI=1S/C18H28N2O8/c1-18(2,3)28-17(24)19(8-9-27-11-10-25-4)12-13(16(23)26-5)20-14(21)6-7-15(20)22/h6-7,13H,8-12H2,1-5H3. The van der Waals surface area contributed by atoms with E-state index >= 15 is 0 Å². The van der Waals surface area contributed by atoms with Gasteiger partial charge in [-0.05, 0) is 20.8 Å². The van der Waals surface area contributed by atoms with Crippen molar-refractivity contribution in [2.75, 3.05) is 47.1 Å². The molecule has 0 aromatic carbocycles. The second-order valence-corrected chi connectivity index (χ2v) is 6.95. The second-order valence-electron chi connectivity index (χ2n) is 6.95. The van der Waals surface area contributed by atoms with Gasteiger partial charge in [-0.2, -0.15) is 0 Å². The van der Waals surface area contributed by atoms with Crippen molar-refractivity contribution < 1.29 is 38.1 Å². The fourth-order valence-corrected chi connectivity index (χ4v) is 2.33. The minimum Gasteiger partial charge on any atom is -0.467 e. The van der Waals surface area contributed by atoms with Gasteiger partial charge in [0.25, 0.3) is 11.8 Å². The summed E-state index contributed by atoms with van der Waals surface area (Å²) in [4.78, 5) is 50.8. The minimum absolute atomic E-state index is 0.0791. The first-order valence-corrected chi connectivity index (χ1v) is 8.78. The van der Waals surface area contributed by atoms with Crippen molar-refractivity contribution in [3.8, 4) is 0 Å². The zero-order valence-corrected chi connectivity index (χ0v) is 16.9. The topological polar surface area (TPSA) is 112 Å². The molecule has 0 saturated heterocycles. The molecule has 28 heavy (non-hydrogen) atoms. The maximum absolute atomic E-state index is 12.6. The Balaban J connectivity index is 2.94. The van der Waals surface area contributed by atoms with Gasteiger partial charge in [-0.3, -0.25) is 14.5 Å². The van der Waals surface area contributed by atoms with Gasteiger partial charge in [0, 0.05) is 25.8 Å². The number of esters is 1. The van der Waals surface area contributed by atoms with E-state index in [1.54, 1.807) is 20.8 Å². The molecule has 1 aliphatic rings. The molecule has 0 aromatic rings. The number of ether oxygens (including phenoxy) is 4. The number of hydrogen-bond acceptors (Lipinski definition) is 8. The summed E-state index contributed by atoms with van der Waals surface area (Å²) in [7, 11) is 2.68. The number of methoxy groups -OCH3 is 2. The van der Waals surface area contributed by atoms with Crippen LogP contribution in [-0.2, 0) is 33.3 Å². The fraction of sp³-hybridized carbons (Fsp3) is 0.667. The van der Waals surface area contributed by atoms with Gasteiger partial charge in [-0.15, -0.1) is 0 Å². The Morgan fingerprint density at radius 3 is 2.18 bits per heavy atom. The SMILES string of the molecule is COCCOCCN(CC(C(=O)OC)N1C(=O)C=CC1=O)C(=O)OC(C)(C)C. The van der Waals surface area contributed by atoms with E-state index in [0.717, 1.165) is 24.2 Å². The fourth-order valence-electron chi connectivity index (χ4n) is 2.33. The highest BCUT2D eigenvalue weighted by Gasteiger charge is 2.39. The molecule has 0 fully saturated rings. The Morgan fingerprint density at radius 1 is 1.07 bits per heavy atom. The summed E-state index contributed by atoms with van der Waals surface area (Å²) in [6, 6.07) is -1.30. The smallest absolute Gasteiger partial charge is 0.410 e. The van der Waals surface area contributed by atoms with Crippen molar-refractivity contribution in [1.29, 1.82) is 0 Å². The summed E-state index contributed by atoms with van der Waals surface area (Å²) in [5.74, 6) is -2.12. The van der Waals surface area contributed by atoms with Crippen molar-refractivity contribution in [3.05, 3.63) is 12.2 Å². The van der Waals surface area contributed by atoms with Crippen molar-refractivity contribution in [2.24, 2.45) is 0 Å². The molecule has 0 radical (unpaired) electrons. The van der Waals surface area contributed by atoms with Crippen molar-refractivity contribution in [3.63, 3.8) is 0 Å². The first-order valence-electron chi connectivity index (χ1n) is 8.78. The van der Waals surface area contributed by atoms with Gasteiger partial charge < -0.3 is 23.8 Å². The Bertz CT molecular complexity index is 593. The van der Waals surface area contributed by atoms with Gasteiger partial charge in [-0.25, -0.2) is 9.59 Å². The summed E-state index contributed by atoms with van der Waals surface area (Å²) in [6.07, 6.45) is 1.41. The third-order valence-electron chi connectivity index (χ3n) is 3.61. The Morgan fingerprint density at radius 2 is 1.68 bits per heavy atom. The van der Waals surface area contributed by atoms with Crippen LogP contribution >= 0.6 is 0 Å². The number of hydrogen-bond donors (Lipinski definition) is 0. The van der Waals surface area contributed by atoms with Crippen LogP contribution in [0.4, 0.5) is 4.79 Å². The van der Waals surface area contributed by atoms with Crippen LogP contribution in [-0.4, -0.2) is 92.4 Å². The molecule has 0 saturated carbocycles. The van der Waals surface area contributed by atoms with E-state index in [0.29, 0.717) is 13.2 Å². The van der Waals surface area contributed by atoms with Gasteiger partial charge in [0.2, 0.25) is 0 Å². The lowest BCUT2D eigenvalue weighted by molar-refractivity contribution is -0.156. The van der Waals surface area contributed by atoms with Crippen molar-refractivity contribution in [1.82, 2.24) is 9.80 Å². The molecule has 0 N–H and O–H groups in total. The van der Waals surface area contributed by atoms with Crippen LogP contribution in [0.2, 0.25) is 0 Å². The minimum atomic E-state index is -1.30. The third-order valence-corrected chi connectivity index (χ3v) is 3.61. The number of amides is 3. The highest BCUT2D eigenvalue weighted by molar-refractivity contribution is 6.14. The van der Waals surface area contributed by atoms with Crippen molar-refractivity contribution in [2.45, 2.75) is 32.4 Å². The maximum Gasteiger partial charge on any atom is 0.410 e. The molecule has 10 nitrogen and oxygen atoms in total. The van der Waals surface area contributed by atoms with Crippen LogP contribution in [0.3, 0.4) is 0 Å². The number of imide groups is 1. The van der Waals surface area contributed by atoms with Crippen molar-refractivity contribution >= 4 is 23.9 Å². The lowest BCUT2D eigenvalue weighted by Gasteiger charge is -2.32. The highest BCUT2D eigenvalue weighted by atomic mass is 16.6. The van der Waals surface area contributed by atoms with Crippen LogP contribution in [0.25, 0.3) is 0 Å². The average Bonchev–Trinajstić information content (AvgIpc) is 2.94. The average molecular weight is 400 g/mol. The van der Waals surface area contributed by atoms with Crippen LogP contribution in [0.5, 0.6) is 0 Å². The highest BCUT2D eigenvalue weighted by Crippen LogP contribution is 2.15. The monoisotopic (exact) mass is 400 g/mol. The second kappa shape index (κ2) is 10.8. The van der Waals surface area contributed by atoms with Crippen LogP contribution < -0.4 is 0 Å². The normalized spacial score (nSPS) is 15.0. The molecule has 1 atom stereocenters. The number of carbonyl (C=O) groups excluding carboxylic acids is 4. The first kappa shape index (κ1) is 23.6. The Kier molecular flexibility index (Phi) is 9.07. The van der Waals surface area contributed by atoms with E-state index < -0.39 is 35.5 Å². The van der Waals surface area contributed by atoms with E-state index in [2.05, 4.69) is 0 Å². The van der Waals surface area contributed by atoms with Crippen LogP contribution in [0, 0.1) is 0 Å². The van der Waals surface area contributed by atoms with Crippen LogP contribution in [0.15, 0.2) is 12.2 Å². The molecule has 10 heteroatoms. The summed E-state index contributed by atoms with van der Waals surface area (Å²) in [5, 5.41) is 0. The predicted octanol–water partition coefficient (Wildman–Crippen LogP) is 0.353. The maximum atomic E-state index is 12.6. The Hall–Kier alpha value is -2.46. The zero-order valence-electron chi connectivity index (χ0n) is 16.9. The quantitative estimate of drug-likeness (QED) is 0.293. The largest absolute Gasteiger partial charge is 0.467 e. The molecule has 1 heterocycles. The lowest BCUT2D eigenvalue weighted by Crippen LogP contribution is -2.53. The molecule has 0 aliphatic carbocycles. The predicted molar refractivity (Wildman–Crippen MR) is 97.3 cm³/mol. The number of carbonyl (C=O) groups is 4. The molecular formula is C18H28N2O8. The molecule has 3 amide bonds. The summed E-state index contributed by atoms with van der Waals surface area (Å²) < 4.78 is 20.3. The number of nitrogens with zero attached hydrogens (tertiary/aromatic N) is 2. The molecule has 0 aromatic heterocycles.